The van der Waals surface area contributed by atoms with Crippen LogP contribution in [0, 0.1) is 0 Å². The van der Waals surface area contributed by atoms with E-state index in [4.69, 9.17) is 0 Å². The van der Waals surface area contributed by atoms with E-state index in [2.05, 4.69) is 10.6 Å². The highest BCUT2D eigenvalue weighted by Crippen LogP contribution is 2.45. The van der Waals surface area contributed by atoms with Crippen molar-refractivity contribution in [1.82, 2.24) is 10.6 Å². The molecule has 0 heterocycles. The molecule has 0 aliphatic carbocycles. The van der Waals surface area contributed by atoms with Crippen LogP contribution in [0.25, 0.3) is 0 Å². The van der Waals surface area contributed by atoms with Gasteiger partial charge in [-0.15, -0.1) is 0 Å². The fraction of sp³-hybridized carbons (Fsp3) is 1.00. The summed E-state index contributed by atoms with van der Waals surface area (Å²) < 4.78 is 22.8. The van der Waals surface area contributed by atoms with Crippen LogP contribution in [0.4, 0.5) is 0 Å². The first-order valence-electron chi connectivity index (χ1n) is 6.96. The van der Waals surface area contributed by atoms with Gasteiger partial charge in [-0.3, -0.25) is 9.13 Å². The highest BCUT2D eigenvalue weighted by atomic mass is 31.2. The lowest BCUT2D eigenvalue weighted by Crippen LogP contribution is -2.36. The molecule has 0 aromatic rings. The van der Waals surface area contributed by atoms with Gasteiger partial charge in [0.25, 0.3) is 0 Å². The van der Waals surface area contributed by atoms with Gasteiger partial charge in [0.1, 0.15) is 11.6 Å². The molecule has 0 aliphatic heterocycles. The first-order chi connectivity index (χ1) is 9.34. The van der Waals surface area contributed by atoms with Crippen molar-refractivity contribution in [2.75, 3.05) is 0 Å². The molecule has 0 amide bonds. The first kappa shape index (κ1) is 21.2. The Labute approximate surface area is 126 Å². The fourth-order valence-corrected chi connectivity index (χ4v) is 3.99. The summed E-state index contributed by atoms with van der Waals surface area (Å²) in [5.41, 5.74) is 0. The predicted octanol–water partition coefficient (Wildman–Crippen LogP) is 1.16. The average Bonchev–Trinajstić information content (AvgIpc) is 2.22. The van der Waals surface area contributed by atoms with Crippen LogP contribution in [0.15, 0.2) is 0 Å². The van der Waals surface area contributed by atoms with E-state index in [1.807, 2.05) is 0 Å². The zero-order valence-electron chi connectivity index (χ0n) is 12.9. The minimum atomic E-state index is -4.28. The minimum Gasteiger partial charge on any atom is -0.323 e. The molecule has 128 valence electrons. The highest BCUT2D eigenvalue weighted by Gasteiger charge is 2.32. The lowest BCUT2D eigenvalue weighted by Gasteiger charge is -2.25. The smallest absolute Gasteiger partial charge is 0.323 e. The summed E-state index contributed by atoms with van der Waals surface area (Å²) in [6, 6.07) is -0.178. The molecule has 0 aliphatic rings. The molecule has 0 rings (SSSR count). The Balaban J connectivity index is 4.58. The van der Waals surface area contributed by atoms with Crippen LogP contribution in [0.2, 0.25) is 0 Å². The van der Waals surface area contributed by atoms with Crippen LogP contribution in [0.5, 0.6) is 0 Å². The normalized spacial score (nSPS) is 16.5. The number of nitrogens with one attached hydrogen (secondary N) is 2. The molecule has 0 saturated carbocycles. The van der Waals surface area contributed by atoms with Crippen LogP contribution in [-0.4, -0.2) is 43.2 Å². The summed E-state index contributed by atoms with van der Waals surface area (Å²) >= 11 is 0. The van der Waals surface area contributed by atoms with E-state index in [1.165, 1.54) is 0 Å². The van der Waals surface area contributed by atoms with E-state index < -0.39 is 26.8 Å². The zero-order valence-corrected chi connectivity index (χ0v) is 14.7. The molecule has 10 heteroatoms. The topological polar surface area (TPSA) is 139 Å². The third-order valence-electron chi connectivity index (χ3n) is 2.82. The molecular weight excluding hydrogens is 318 g/mol. The van der Waals surface area contributed by atoms with Gasteiger partial charge in [-0.1, -0.05) is 27.7 Å². The van der Waals surface area contributed by atoms with Gasteiger partial charge in [0.2, 0.25) is 0 Å². The standard InChI is InChI=1S/C11H28N2O6P2/c1-8(2)12-10(20(14,15)16)6-5-7-11(13-9(3)4)21(17,18)19/h8-13H,5-7H2,1-4H3,(H2,14,15,16)(H2,17,18,19). The summed E-state index contributed by atoms with van der Waals surface area (Å²) in [5.74, 6) is -1.98. The second-order valence-electron chi connectivity index (χ2n) is 5.78. The van der Waals surface area contributed by atoms with Crippen LogP contribution in [0.3, 0.4) is 0 Å². The molecule has 0 spiro atoms. The van der Waals surface area contributed by atoms with Crippen molar-refractivity contribution in [1.29, 1.82) is 0 Å². The molecule has 8 nitrogen and oxygen atoms in total. The van der Waals surface area contributed by atoms with E-state index in [0.29, 0.717) is 6.42 Å². The average molecular weight is 346 g/mol. The Bertz CT molecular complexity index is 356. The van der Waals surface area contributed by atoms with Gasteiger partial charge < -0.3 is 30.2 Å². The highest BCUT2D eigenvalue weighted by molar-refractivity contribution is 7.52. The molecule has 2 unspecified atom stereocenters. The van der Waals surface area contributed by atoms with Crippen molar-refractivity contribution in [3.8, 4) is 0 Å². The largest absolute Gasteiger partial charge is 0.342 e. The molecule has 0 radical (unpaired) electrons. The summed E-state index contributed by atoms with van der Waals surface area (Å²) in [4.78, 5) is 37.1. The monoisotopic (exact) mass is 346 g/mol. The summed E-state index contributed by atoms with van der Waals surface area (Å²) in [7, 11) is -8.57. The maximum absolute atomic E-state index is 11.4. The Morgan fingerprint density at radius 2 is 1.05 bits per heavy atom. The first-order valence-corrected chi connectivity index (χ1v) is 10.3. The van der Waals surface area contributed by atoms with Crippen molar-refractivity contribution in [3.05, 3.63) is 0 Å². The lowest BCUT2D eigenvalue weighted by molar-refractivity contribution is 0.322. The van der Waals surface area contributed by atoms with Gasteiger partial charge in [0.05, 0.1) is 0 Å². The predicted molar refractivity (Wildman–Crippen MR) is 82.1 cm³/mol. The van der Waals surface area contributed by atoms with Crippen molar-refractivity contribution in [3.63, 3.8) is 0 Å². The van der Waals surface area contributed by atoms with Gasteiger partial charge >= 0.3 is 15.2 Å². The van der Waals surface area contributed by atoms with Crippen molar-refractivity contribution >= 4 is 15.2 Å². The van der Waals surface area contributed by atoms with Crippen LogP contribution < -0.4 is 10.6 Å². The molecular formula is C11H28N2O6P2. The second-order valence-corrected chi connectivity index (χ2v) is 9.39. The zero-order chi connectivity index (χ0) is 16.8. The Kier molecular flexibility index (Phi) is 8.84. The SMILES string of the molecule is CC(C)NC(CCCC(NC(C)C)P(=O)(O)O)P(=O)(O)O. The maximum Gasteiger partial charge on any atom is 0.342 e. The van der Waals surface area contributed by atoms with Gasteiger partial charge in [0, 0.05) is 12.1 Å². The van der Waals surface area contributed by atoms with Gasteiger partial charge in [0.15, 0.2) is 0 Å². The van der Waals surface area contributed by atoms with E-state index in [-0.39, 0.29) is 24.9 Å². The minimum absolute atomic E-state index is 0.0889. The Morgan fingerprint density at radius 3 is 1.24 bits per heavy atom. The summed E-state index contributed by atoms with van der Waals surface area (Å²) in [5, 5.41) is 5.59. The van der Waals surface area contributed by atoms with Gasteiger partial charge in [-0.2, -0.15) is 0 Å². The van der Waals surface area contributed by atoms with Crippen molar-refractivity contribution < 1.29 is 28.7 Å². The van der Waals surface area contributed by atoms with Crippen LogP contribution in [0.1, 0.15) is 47.0 Å². The van der Waals surface area contributed by atoms with Crippen molar-refractivity contribution in [2.24, 2.45) is 0 Å². The maximum atomic E-state index is 11.4. The lowest BCUT2D eigenvalue weighted by atomic mass is 10.2. The summed E-state index contributed by atoms with van der Waals surface area (Å²) in [6.45, 7) is 7.12. The molecule has 6 N–H and O–H groups in total. The third kappa shape index (κ3) is 9.76. The summed E-state index contributed by atoms with van der Waals surface area (Å²) in [6.07, 6.45) is 0.600. The van der Waals surface area contributed by atoms with E-state index in [9.17, 15) is 28.7 Å². The Hall–Kier alpha value is 0.220. The number of hydrogen-bond acceptors (Lipinski definition) is 4. The third-order valence-corrected chi connectivity index (χ3v) is 5.26. The molecule has 21 heavy (non-hydrogen) atoms. The van der Waals surface area contributed by atoms with E-state index in [1.54, 1.807) is 27.7 Å². The van der Waals surface area contributed by atoms with Gasteiger partial charge in [-0.25, -0.2) is 0 Å². The molecule has 0 bridgehead atoms. The van der Waals surface area contributed by atoms with E-state index >= 15 is 0 Å². The number of rotatable bonds is 10. The van der Waals surface area contributed by atoms with Gasteiger partial charge in [-0.05, 0) is 19.3 Å². The quantitative estimate of drug-likeness (QED) is 0.324. The number of hydrogen-bond donors (Lipinski definition) is 6. The molecule has 0 aromatic heterocycles. The Morgan fingerprint density at radius 1 is 0.762 bits per heavy atom. The van der Waals surface area contributed by atoms with Crippen LogP contribution >= 0.6 is 15.2 Å². The molecule has 0 saturated heterocycles. The van der Waals surface area contributed by atoms with Crippen molar-refractivity contribution in [2.45, 2.75) is 70.6 Å². The molecule has 0 fully saturated rings. The van der Waals surface area contributed by atoms with Crippen LogP contribution in [-0.2, 0) is 9.13 Å². The second kappa shape index (κ2) is 8.75. The fourth-order valence-electron chi connectivity index (χ4n) is 1.97. The molecule has 2 atom stereocenters. The molecule has 0 aromatic carbocycles. The van der Waals surface area contributed by atoms with E-state index in [0.717, 1.165) is 0 Å².